The van der Waals surface area contributed by atoms with Gasteiger partial charge in [-0.25, -0.2) is 0 Å². The summed E-state index contributed by atoms with van der Waals surface area (Å²) in [5.41, 5.74) is 0.519. The summed E-state index contributed by atoms with van der Waals surface area (Å²) in [6, 6.07) is 0. The summed E-state index contributed by atoms with van der Waals surface area (Å²) in [6.45, 7) is 6.93. The van der Waals surface area contributed by atoms with Crippen LogP contribution in [0.1, 0.15) is 0 Å². The molecule has 0 aliphatic heterocycles. The van der Waals surface area contributed by atoms with E-state index in [9.17, 15) is 0 Å². The van der Waals surface area contributed by atoms with E-state index < -0.39 is 0 Å². The van der Waals surface area contributed by atoms with Gasteiger partial charge in [-0.3, -0.25) is 0 Å². The fourth-order valence-electron chi connectivity index (χ4n) is 0.0891. The van der Waals surface area contributed by atoms with Crippen molar-refractivity contribution in [3.05, 3.63) is 13.8 Å². The summed E-state index contributed by atoms with van der Waals surface area (Å²) in [4.78, 5) is 0. The number of halogens is 1. The van der Waals surface area contributed by atoms with E-state index in [1.165, 1.54) is 0 Å². The molecule has 0 aromatic heterocycles. The Balaban J connectivity index is 2.63. The van der Waals surface area contributed by atoms with Crippen molar-refractivity contribution in [2.24, 2.45) is 0 Å². The van der Waals surface area contributed by atoms with Crippen molar-refractivity contribution in [3.63, 3.8) is 0 Å². The second kappa shape index (κ2) is 3.62. The summed E-state index contributed by atoms with van der Waals surface area (Å²) in [7, 11) is 0. The average Bonchev–Trinajstić information content (AvgIpc) is 1.35. The molecule has 0 saturated heterocycles. The average molecular weight is 151 g/mol. The van der Waals surface area contributed by atoms with Crippen LogP contribution in [0.15, 0.2) is 0 Å². The van der Waals surface area contributed by atoms with Gasteiger partial charge in [0.05, 0.1) is 6.10 Å². The summed E-state index contributed by atoms with van der Waals surface area (Å²) in [6.07, 6.45) is -0.149. The Hall–Kier alpha value is 0.440. The van der Waals surface area contributed by atoms with E-state index in [0.29, 0.717) is 5.52 Å². The van der Waals surface area contributed by atoms with Crippen LogP contribution >= 0.6 is 15.9 Å². The zero-order valence-corrected chi connectivity index (χ0v) is 5.07. The molecule has 0 rings (SSSR count). The van der Waals surface area contributed by atoms with Gasteiger partial charge in [0, 0.05) is 0 Å². The normalized spacial score (nSPS) is 10.0. The smallest absolute Gasteiger partial charge is 0.102 e. The van der Waals surface area contributed by atoms with Crippen LogP contribution in [-0.2, 0) is 4.74 Å². The summed E-state index contributed by atoms with van der Waals surface area (Å²) >= 11 is 3.05. The first kappa shape index (κ1) is 6.44. The highest BCUT2D eigenvalue weighted by Crippen LogP contribution is 1.88. The molecule has 2 heteroatoms. The van der Waals surface area contributed by atoms with Crippen LogP contribution in [0.5, 0.6) is 0 Å². The third kappa shape index (κ3) is 4.44. The first-order valence-corrected chi connectivity index (χ1v) is 2.73. The maximum atomic E-state index is 4.74. The molecule has 0 saturated carbocycles. The number of rotatable bonds is 2. The lowest BCUT2D eigenvalue weighted by Crippen LogP contribution is -1.99. The monoisotopic (exact) mass is 150 g/mol. The molecule has 0 heterocycles. The van der Waals surface area contributed by atoms with Crippen LogP contribution in [0, 0.1) is 13.8 Å². The lowest BCUT2D eigenvalue weighted by molar-refractivity contribution is 0.162. The maximum absolute atomic E-state index is 4.74. The van der Waals surface area contributed by atoms with Crippen LogP contribution < -0.4 is 0 Å². The quantitative estimate of drug-likeness (QED) is 0.542. The molecule has 1 nitrogen and oxygen atoms in total. The number of hydrogen-bond donors (Lipinski definition) is 0. The summed E-state index contributed by atoms with van der Waals surface area (Å²) in [5.74, 6) is 0. The SMILES string of the molecule is [CH2]C([CH2])OCBr. The highest BCUT2D eigenvalue weighted by atomic mass is 79.9. The van der Waals surface area contributed by atoms with E-state index in [2.05, 4.69) is 29.8 Å². The van der Waals surface area contributed by atoms with E-state index in [-0.39, 0.29) is 6.10 Å². The second-order valence-electron chi connectivity index (χ2n) is 0.898. The molecule has 0 spiro atoms. The van der Waals surface area contributed by atoms with Crippen molar-refractivity contribution in [1.82, 2.24) is 0 Å². The molecule has 0 atom stereocenters. The largest absolute Gasteiger partial charge is 0.367 e. The third-order valence-corrected chi connectivity index (χ3v) is 0.563. The van der Waals surface area contributed by atoms with Gasteiger partial charge in [0.2, 0.25) is 0 Å². The Morgan fingerprint density at radius 3 is 2.17 bits per heavy atom. The second-order valence-corrected chi connectivity index (χ2v) is 1.36. The number of hydrogen-bond acceptors (Lipinski definition) is 1. The molecule has 0 unspecified atom stereocenters. The van der Waals surface area contributed by atoms with E-state index in [1.54, 1.807) is 0 Å². The molecule has 0 N–H and O–H groups in total. The van der Waals surface area contributed by atoms with Gasteiger partial charge >= 0.3 is 0 Å². The van der Waals surface area contributed by atoms with Gasteiger partial charge in [0.25, 0.3) is 0 Å². The van der Waals surface area contributed by atoms with E-state index in [4.69, 9.17) is 4.74 Å². The van der Waals surface area contributed by atoms with E-state index >= 15 is 0 Å². The van der Waals surface area contributed by atoms with Crippen molar-refractivity contribution >= 4 is 15.9 Å². The molecule has 0 aliphatic carbocycles. The maximum Gasteiger partial charge on any atom is 0.102 e. The molecule has 6 heavy (non-hydrogen) atoms. The van der Waals surface area contributed by atoms with Crippen molar-refractivity contribution in [1.29, 1.82) is 0 Å². The molecule has 36 valence electrons. The molecular formula is C4H7BrO. The summed E-state index contributed by atoms with van der Waals surface area (Å²) < 4.78 is 4.74. The lowest BCUT2D eigenvalue weighted by Gasteiger charge is -1.98. The van der Waals surface area contributed by atoms with Gasteiger partial charge in [0.1, 0.15) is 5.52 Å². The Kier molecular flexibility index (Phi) is 3.89. The standard InChI is InChI=1S/C4H7BrO/c1-4(2)6-3-5/h4H,1-3H2. The van der Waals surface area contributed by atoms with Gasteiger partial charge < -0.3 is 4.74 Å². The number of alkyl halides is 1. The minimum absolute atomic E-state index is 0.149. The van der Waals surface area contributed by atoms with Gasteiger partial charge in [-0.05, 0) is 13.8 Å². The zero-order valence-electron chi connectivity index (χ0n) is 3.48. The van der Waals surface area contributed by atoms with Crippen LogP contribution in [-0.4, -0.2) is 11.6 Å². The molecule has 2 radical (unpaired) electrons. The van der Waals surface area contributed by atoms with Gasteiger partial charge in [-0.15, -0.1) is 0 Å². The molecule has 0 aliphatic rings. The van der Waals surface area contributed by atoms with Gasteiger partial charge in [0.15, 0.2) is 0 Å². The van der Waals surface area contributed by atoms with Crippen LogP contribution in [0.25, 0.3) is 0 Å². The van der Waals surface area contributed by atoms with Crippen molar-refractivity contribution < 1.29 is 4.74 Å². The minimum atomic E-state index is -0.149. The fourth-order valence-corrected chi connectivity index (χ4v) is 0.463. The van der Waals surface area contributed by atoms with Crippen molar-refractivity contribution in [2.75, 3.05) is 5.52 Å². The Morgan fingerprint density at radius 1 is 1.67 bits per heavy atom. The number of ether oxygens (including phenoxy) is 1. The highest BCUT2D eigenvalue weighted by Gasteiger charge is 1.85. The van der Waals surface area contributed by atoms with Crippen LogP contribution in [0.2, 0.25) is 0 Å². The molecule has 0 bridgehead atoms. The lowest BCUT2D eigenvalue weighted by atomic mass is 10.5. The third-order valence-electron chi connectivity index (χ3n) is 0.299. The van der Waals surface area contributed by atoms with Gasteiger partial charge in [-0.1, -0.05) is 15.9 Å². The Morgan fingerprint density at radius 2 is 2.17 bits per heavy atom. The fraction of sp³-hybridized carbons (Fsp3) is 0.500. The summed E-state index contributed by atoms with van der Waals surface area (Å²) in [5, 5.41) is 0. The van der Waals surface area contributed by atoms with Gasteiger partial charge in [-0.2, -0.15) is 0 Å². The Bertz CT molecular complexity index is 28.7. The molecule has 0 fully saturated rings. The van der Waals surface area contributed by atoms with Crippen LogP contribution in [0.3, 0.4) is 0 Å². The van der Waals surface area contributed by atoms with E-state index in [0.717, 1.165) is 0 Å². The first-order chi connectivity index (χ1) is 2.77. The first-order valence-electron chi connectivity index (χ1n) is 1.61. The highest BCUT2D eigenvalue weighted by molar-refractivity contribution is 9.09. The zero-order chi connectivity index (χ0) is 4.99. The minimum Gasteiger partial charge on any atom is -0.367 e. The Labute approximate surface area is 46.8 Å². The molecule has 0 amide bonds. The van der Waals surface area contributed by atoms with E-state index in [1.807, 2.05) is 0 Å². The van der Waals surface area contributed by atoms with Crippen molar-refractivity contribution in [3.8, 4) is 0 Å². The van der Waals surface area contributed by atoms with Crippen LogP contribution in [0.4, 0.5) is 0 Å². The molecular weight excluding hydrogens is 144 g/mol. The predicted octanol–water partition coefficient (Wildman–Crippen LogP) is 1.39. The molecule has 0 aromatic carbocycles. The molecule has 0 aromatic rings. The van der Waals surface area contributed by atoms with Crippen molar-refractivity contribution in [2.45, 2.75) is 6.10 Å². The predicted molar refractivity (Wildman–Crippen MR) is 29.4 cm³/mol. The topological polar surface area (TPSA) is 9.23 Å².